The zero-order chi connectivity index (χ0) is 12.6. The summed E-state index contributed by atoms with van der Waals surface area (Å²) in [4.78, 5) is 11.1. The summed E-state index contributed by atoms with van der Waals surface area (Å²) in [5.74, 6) is 0.349. The molecule has 0 aliphatic rings. The van der Waals surface area contributed by atoms with Crippen LogP contribution in [0.25, 0.3) is 0 Å². The van der Waals surface area contributed by atoms with Crippen LogP contribution >= 0.6 is 0 Å². The van der Waals surface area contributed by atoms with Gasteiger partial charge >= 0.3 is 0 Å². The standard InChI is InChI=1S/C12H26N2O2/c1-9(2)6-5-7-16-8-11(12(13)15)14-10(3)4/h9-11,14H,5-8H2,1-4H3,(H2,13,15). The molecule has 96 valence electrons. The molecule has 4 heteroatoms. The normalized spacial score (nSPS) is 13.4. The smallest absolute Gasteiger partial charge is 0.236 e. The van der Waals surface area contributed by atoms with Crippen LogP contribution in [-0.4, -0.2) is 31.2 Å². The van der Waals surface area contributed by atoms with Crippen molar-refractivity contribution in [3.8, 4) is 0 Å². The molecule has 0 radical (unpaired) electrons. The Kier molecular flexibility index (Phi) is 8.21. The molecule has 0 fully saturated rings. The summed E-state index contributed by atoms with van der Waals surface area (Å²) >= 11 is 0. The number of hydrogen-bond acceptors (Lipinski definition) is 3. The maximum Gasteiger partial charge on any atom is 0.236 e. The van der Waals surface area contributed by atoms with Crippen LogP contribution in [0.15, 0.2) is 0 Å². The maximum atomic E-state index is 11.1. The molecule has 0 saturated carbocycles. The SMILES string of the molecule is CC(C)CCCOCC(NC(C)C)C(N)=O. The molecule has 0 aromatic heterocycles. The number of primary amides is 1. The average Bonchev–Trinajstić information content (AvgIpc) is 2.14. The van der Waals surface area contributed by atoms with Gasteiger partial charge in [-0.25, -0.2) is 0 Å². The van der Waals surface area contributed by atoms with Crippen LogP contribution in [0.1, 0.15) is 40.5 Å². The third-order valence-corrected chi connectivity index (χ3v) is 2.23. The number of nitrogens with two attached hydrogens (primary N) is 1. The molecule has 0 bridgehead atoms. The Morgan fingerprint density at radius 3 is 2.38 bits per heavy atom. The summed E-state index contributed by atoms with van der Waals surface area (Å²) in [6.45, 7) is 9.40. The van der Waals surface area contributed by atoms with Crippen LogP contribution in [0, 0.1) is 5.92 Å². The number of amides is 1. The van der Waals surface area contributed by atoms with Crippen LogP contribution in [0.3, 0.4) is 0 Å². The predicted octanol–water partition coefficient (Wildman–Crippen LogP) is 1.29. The van der Waals surface area contributed by atoms with Gasteiger partial charge in [-0.15, -0.1) is 0 Å². The van der Waals surface area contributed by atoms with Gasteiger partial charge < -0.3 is 15.8 Å². The van der Waals surface area contributed by atoms with Crippen molar-refractivity contribution in [3.05, 3.63) is 0 Å². The van der Waals surface area contributed by atoms with E-state index in [2.05, 4.69) is 19.2 Å². The second-order valence-electron chi connectivity index (χ2n) is 4.89. The molecule has 0 saturated heterocycles. The molecule has 0 aliphatic heterocycles. The highest BCUT2D eigenvalue weighted by molar-refractivity contribution is 5.80. The second kappa shape index (κ2) is 8.53. The van der Waals surface area contributed by atoms with E-state index in [4.69, 9.17) is 10.5 Å². The van der Waals surface area contributed by atoms with E-state index in [1.54, 1.807) is 0 Å². The second-order valence-corrected chi connectivity index (χ2v) is 4.89. The Bertz CT molecular complexity index is 193. The van der Waals surface area contributed by atoms with Crippen LogP contribution in [0.5, 0.6) is 0 Å². The Labute approximate surface area is 98.9 Å². The fraction of sp³-hybridized carbons (Fsp3) is 0.917. The topological polar surface area (TPSA) is 64.3 Å². The van der Waals surface area contributed by atoms with Crippen LogP contribution in [0.4, 0.5) is 0 Å². The number of ether oxygens (including phenoxy) is 1. The maximum absolute atomic E-state index is 11.1. The van der Waals surface area contributed by atoms with Gasteiger partial charge in [-0.3, -0.25) is 4.79 Å². The molecule has 1 unspecified atom stereocenters. The third-order valence-electron chi connectivity index (χ3n) is 2.23. The summed E-state index contributed by atoms with van der Waals surface area (Å²) in [6.07, 6.45) is 2.18. The summed E-state index contributed by atoms with van der Waals surface area (Å²) in [7, 11) is 0. The van der Waals surface area contributed by atoms with Crippen molar-refractivity contribution in [2.75, 3.05) is 13.2 Å². The zero-order valence-electron chi connectivity index (χ0n) is 11.0. The van der Waals surface area contributed by atoms with Gasteiger partial charge in [0.05, 0.1) is 6.61 Å². The fourth-order valence-electron chi connectivity index (χ4n) is 1.41. The zero-order valence-corrected chi connectivity index (χ0v) is 11.0. The summed E-state index contributed by atoms with van der Waals surface area (Å²) < 4.78 is 5.45. The van der Waals surface area contributed by atoms with Crippen molar-refractivity contribution in [1.29, 1.82) is 0 Å². The van der Waals surface area contributed by atoms with E-state index < -0.39 is 0 Å². The van der Waals surface area contributed by atoms with Crippen molar-refractivity contribution in [1.82, 2.24) is 5.32 Å². The number of carbonyl (C=O) groups is 1. The molecular formula is C12H26N2O2. The monoisotopic (exact) mass is 230 g/mol. The van der Waals surface area contributed by atoms with Crippen molar-refractivity contribution in [2.24, 2.45) is 11.7 Å². The molecule has 0 heterocycles. The van der Waals surface area contributed by atoms with Gasteiger partial charge in [-0.2, -0.15) is 0 Å². The minimum Gasteiger partial charge on any atom is -0.379 e. The third kappa shape index (κ3) is 8.68. The molecule has 4 nitrogen and oxygen atoms in total. The van der Waals surface area contributed by atoms with Gasteiger partial charge in [0.15, 0.2) is 0 Å². The Balaban J connectivity index is 3.64. The Hall–Kier alpha value is -0.610. The van der Waals surface area contributed by atoms with Crippen LogP contribution in [-0.2, 0) is 9.53 Å². The first-order valence-electron chi connectivity index (χ1n) is 6.06. The van der Waals surface area contributed by atoms with Gasteiger partial charge in [-0.05, 0) is 18.8 Å². The molecule has 16 heavy (non-hydrogen) atoms. The number of carbonyl (C=O) groups excluding carboxylic acids is 1. The lowest BCUT2D eigenvalue weighted by Gasteiger charge is -2.18. The molecule has 0 spiro atoms. The van der Waals surface area contributed by atoms with E-state index in [0.717, 1.165) is 12.8 Å². The predicted molar refractivity (Wildman–Crippen MR) is 66.1 cm³/mol. The van der Waals surface area contributed by atoms with Crippen LogP contribution in [0.2, 0.25) is 0 Å². The molecule has 3 N–H and O–H groups in total. The quantitative estimate of drug-likeness (QED) is 0.587. The average molecular weight is 230 g/mol. The minimum absolute atomic E-state index is 0.233. The van der Waals surface area contributed by atoms with Crippen molar-refractivity contribution in [3.63, 3.8) is 0 Å². The Morgan fingerprint density at radius 2 is 1.94 bits per heavy atom. The highest BCUT2D eigenvalue weighted by Gasteiger charge is 2.15. The largest absolute Gasteiger partial charge is 0.379 e. The Morgan fingerprint density at radius 1 is 1.31 bits per heavy atom. The molecule has 0 rings (SSSR count). The molecular weight excluding hydrogens is 204 g/mol. The van der Waals surface area contributed by atoms with Crippen molar-refractivity contribution < 1.29 is 9.53 Å². The lowest BCUT2D eigenvalue weighted by molar-refractivity contribution is -0.121. The first-order chi connectivity index (χ1) is 7.43. The molecule has 0 aromatic rings. The van der Waals surface area contributed by atoms with E-state index in [-0.39, 0.29) is 18.0 Å². The van der Waals surface area contributed by atoms with E-state index in [0.29, 0.717) is 19.1 Å². The first kappa shape index (κ1) is 15.4. The van der Waals surface area contributed by atoms with Gasteiger partial charge in [0.2, 0.25) is 5.91 Å². The summed E-state index contributed by atoms with van der Waals surface area (Å²) in [5, 5.41) is 3.08. The van der Waals surface area contributed by atoms with Gasteiger partial charge in [0, 0.05) is 12.6 Å². The van der Waals surface area contributed by atoms with E-state index in [1.165, 1.54) is 0 Å². The first-order valence-corrected chi connectivity index (χ1v) is 6.06. The number of hydrogen-bond donors (Lipinski definition) is 2. The van der Waals surface area contributed by atoms with Crippen molar-refractivity contribution in [2.45, 2.75) is 52.6 Å². The van der Waals surface area contributed by atoms with E-state index >= 15 is 0 Å². The minimum atomic E-state index is -0.376. The van der Waals surface area contributed by atoms with E-state index in [9.17, 15) is 4.79 Å². The molecule has 1 atom stereocenters. The molecule has 1 amide bonds. The fourth-order valence-corrected chi connectivity index (χ4v) is 1.41. The van der Waals surface area contributed by atoms with Gasteiger partial charge in [0.25, 0.3) is 0 Å². The van der Waals surface area contributed by atoms with Crippen LogP contribution < -0.4 is 11.1 Å². The number of rotatable bonds is 9. The highest BCUT2D eigenvalue weighted by Crippen LogP contribution is 2.03. The highest BCUT2D eigenvalue weighted by atomic mass is 16.5. The summed E-state index contributed by atoms with van der Waals surface area (Å²) in [5.41, 5.74) is 5.27. The van der Waals surface area contributed by atoms with Gasteiger partial charge in [-0.1, -0.05) is 27.7 Å². The summed E-state index contributed by atoms with van der Waals surface area (Å²) in [6, 6.07) is -0.143. The molecule has 0 aliphatic carbocycles. The van der Waals surface area contributed by atoms with Gasteiger partial charge in [0.1, 0.15) is 6.04 Å². The van der Waals surface area contributed by atoms with Crippen molar-refractivity contribution >= 4 is 5.91 Å². The molecule has 0 aromatic carbocycles. The lowest BCUT2D eigenvalue weighted by Crippen LogP contribution is -2.47. The lowest BCUT2D eigenvalue weighted by atomic mass is 10.1. The number of nitrogens with one attached hydrogen (secondary N) is 1. The van der Waals surface area contributed by atoms with E-state index in [1.807, 2.05) is 13.8 Å².